The lowest BCUT2D eigenvalue weighted by molar-refractivity contribution is 0.201. The smallest absolute Gasteiger partial charge is 0.323 e. The number of amides is 1. The van der Waals surface area contributed by atoms with E-state index in [1.807, 2.05) is 34.6 Å². The maximum absolute atomic E-state index is 12.6. The molecule has 1 aromatic carbocycles. The number of nitrogens with zero attached hydrogens (tertiary/aromatic N) is 4. The van der Waals surface area contributed by atoms with Crippen molar-refractivity contribution >= 4 is 16.8 Å². The molecule has 1 unspecified atom stereocenters. The van der Waals surface area contributed by atoms with Gasteiger partial charge in [-0.1, -0.05) is 17.7 Å². The zero-order valence-electron chi connectivity index (χ0n) is 14.9. The van der Waals surface area contributed by atoms with Crippen molar-refractivity contribution in [1.29, 1.82) is 0 Å². The topological polar surface area (TPSA) is 68.1 Å². The fourth-order valence-corrected chi connectivity index (χ4v) is 3.91. The Bertz CT molecular complexity index is 743. The van der Waals surface area contributed by atoms with Crippen LogP contribution in [0.4, 0.5) is 4.79 Å². The minimum atomic E-state index is -1.39. The fourth-order valence-electron chi connectivity index (χ4n) is 2.72. The molecule has 6 nitrogen and oxygen atoms in total. The molecule has 0 N–H and O–H groups in total. The molecular formula is C17H24N4O2S. The first-order valence-corrected chi connectivity index (χ1v) is 9.35. The monoisotopic (exact) mass is 348 g/mol. The van der Waals surface area contributed by atoms with Crippen LogP contribution >= 0.6 is 0 Å². The quantitative estimate of drug-likeness (QED) is 0.833. The van der Waals surface area contributed by atoms with E-state index in [1.54, 1.807) is 4.90 Å². The molecule has 0 radical (unpaired) electrons. The molecule has 24 heavy (non-hydrogen) atoms. The van der Waals surface area contributed by atoms with Crippen LogP contribution in [-0.4, -0.2) is 43.0 Å². The number of carbonyl (C=O) groups excluding carboxylic acids is 1. The van der Waals surface area contributed by atoms with Crippen molar-refractivity contribution in [1.82, 2.24) is 19.7 Å². The summed E-state index contributed by atoms with van der Waals surface area (Å²) < 4.78 is 13.8. The van der Waals surface area contributed by atoms with Crippen LogP contribution in [0.1, 0.15) is 36.1 Å². The molecule has 0 saturated carbocycles. The zero-order valence-corrected chi connectivity index (χ0v) is 15.7. The maximum Gasteiger partial charge on any atom is 0.346 e. The highest BCUT2D eigenvalue weighted by molar-refractivity contribution is 7.84. The molecular weight excluding hydrogens is 324 g/mol. The highest BCUT2D eigenvalue weighted by Crippen LogP contribution is 2.19. The number of carbonyl (C=O) groups is 1. The Morgan fingerprint density at radius 2 is 1.75 bits per heavy atom. The Morgan fingerprint density at radius 1 is 1.17 bits per heavy atom. The first-order valence-electron chi connectivity index (χ1n) is 8.03. The highest BCUT2D eigenvalue weighted by Gasteiger charge is 2.18. The van der Waals surface area contributed by atoms with E-state index in [4.69, 9.17) is 0 Å². The zero-order chi connectivity index (χ0) is 17.9. The van der Waals surface area contributed by atoms with E-state index in [9.17, 15) is 9.00 Å². The van der Waals surface area contributed by atoms with E-state index in [0.29, 0.717) is 18.8 Å². The molecule has 0 spiro atoms. The van der Waals surface area contributed by atoms with Gasteiger partial charge in [-0.15, -0.1) is 5.10 Å². The highest BCUT2D eigenvalue weighted by atomic mass is 32.2. The van der Waals surface area contributed by atoms with Gasteiger partial charge in [0.2, 0.25) is 5.16 Å². The summed E-state index contributed by atoms with van der Waals surface area (Å²) in [6.07, 6.45) is 1.34. The summed E-state index contributed by atoms with van der Waals surface area (Å²) in [7, 11) is -1.39. The van der Waals surface area contributed by atoms with Crippen molar-refractivity contribution < 1.29 is 9.00 Å². The third kappa shape index (κ3) is 3.90. The van der Waals surface area contributed by atoms with Gasteiger partial charge in [0.1, 0.15) is 6.33 Å². The van der Waals surface area contributed by atoms with Crippen LogP contribution in [0.5, 0.6) is 0 Å². The van der Waals surface area contributed by atoms with Crippen molar-refractivity contribution in [2.75, 3.05) is 13.1 Å². The Balaban J connectivity index is 2.19. The normalized spacial score (nSPS) is 12.2. The Labute approximate surface area is 145 Å². The Kier molecular flexibility index (Phi) is 5.88. The molecule has 0 saturated heterocycles. The molecule has 7 heteroatoms. The minimum absolute atomic E-state index is 0.190. The van der Waals surface area contributed by atoms with Gasteiger partial charge in [-0.2, -0.15) is 4.68 Å². The van der Waals surface area contributed by atoms with Crippen LogP contribution in [0, 0.1) is 20.8 Å². The van der Waals surface area contributed by atoms with Crippen LogP contribution in [0.15, 0.2) is 23.6 Å². The number of aryl methyl sites for hydroxylation is 3. The third-order valence-electron chi connectivity index (χ3n) is 4.02. The van der Waals surface area contributed by atoms with Crippen molar-refractivity contribution in [3.05, 3.63) is 40.7 Å². The minimum Gasteiger partial charge on any atom is -0.323 e. The van der Waals surface area contributed by atoms with Gasteiger partial charge in [0.05, 0.1) is 16.6 Å². The van der Waals surface area contributed by atoms with Crippen molar-refractivity contribution in [2.45, 2.75) is 45.5 Å². The van der Waals surface area contributed by atoms with Gasteiger partial charge < -0.3 is 4.90 Å². The van der Waals surface area contributed by atoms with Crippen molar-refractivity contribution in [3.63, 3.8) is 0 Å². The summed E-state index contributed by atoms with van der Waals surface area (Å²) >= 11 is 0. The molecule has 0 bridgehead atoms. The Morgan fingerprint density at radius 3 is 2.29 bits per heavy atom. The molecule has 2 rings (SSSR count). The molecule has 1 heterocycles. The second-order valence-corrected chi connectivity index (χ2v) is 7.14. The molecule has 0 aliphatic rings. The third-order valence-corrected chi connectivity index (χ3v) is 5.17. The van der Waals surface area contributed by atoms with Gasteiger partial charge in [0.15, 0.2) is 0 Å². The first-order chi connectivity index (χ1) is 11.4. The lowest BCUT2D eigenvalue weighted by Crippen LogP contribution is -2.34. The Hall–Kier alpha value is -2.02. The summed E-state index contributed by atoms with van der Waals surface area (Å²) in [4.78, 5) is 17.9. The molecule has 2 aromatic rings. The summed E-state index contributed by atoms with van der Waals surface area (Å²) in [5.74, 6) is 0.349. The van der Waals surface area contributed by atoms with Crippen LogP contribution in [0.3, 0.4) is 0 Å². The van der Waals surface area contributed by atoms with Crippen LogP contribution in [0.2, 0.25) is 0 Å². The van der Waals surface area contributed by atoms with Crippen LogP contribution in [-0.2, 0) is 16.6 Å². The van der Waals surface area contributed by atoms with E-state index >= 15 is 0 Å². The lowest BCUT2D eigenvalue weighted by Gasteiger charge is -2.17. The van der Waals surface area contributed by atoms with Gasteiger partial charge in [0, 0.05) is 13.1 Å². The van der Waals surface area contributed by atoms with Gasteiger partial charge in [-0.3, -0.25) is 4.21 Å². The standard InChI is InChI=1S/C17H24N4O2S/c1-6-20(7-2)17(22)21-11-18-16(19-21)24(23)10-15-13(4)8-12(3)9-14(15)5/h8-9,11H,6-7,10H2,1-5H3. The van der Waals surface area contributed by atoms with E-state index in [1.165, 1.54) is 11.9 Å². The number of aromatic nitrogens is 3. The van der Waals surface area contributed by atoms with E-state index in [2.05, 4.69) is 22.2 Å². The van der Waals surface area contributed by atoms with Crippen LogP contribution < -0.4 is 0 Å². The number of rotatable bonds is 5. The van der Waals surface area contributed by atoms with E-state index < -0.39 is 10.8 Å². The predicted molar refractivity (Wildman–Crippen MR) is 94.5 cm³/mol. The van der Waals surface area contributed by atoms with Gasteiger partial charge in [-0.25, -0.2) is 9.78 Å². The van der Waals surface area contributed by atoms with Gasteiger partial charge in [-0.05, 0) is 51.3 Å². The fraction of sp³-hybridized carbons (Fsp3) is 0.471. The molecule has 0 aliphatic heterocycles. The summed E-state index contributed by atoms with van der Waals surface area (Å²) in [5, 5.41) is 4.30. The predicted octanol–water partition coefficient (Wildman–Crippen LogP) is 2.82. The molecule has 1 amide bonds. The number of benzene rings is 1. The largest absolute Gasteiger partial charge is 0.346 e. The second kappa shape index (κ2) is 7.70. The molecule has 0 aliphatic carbocycles. The summed E-state index contributed by atoms with van der Waals surface area (Å²) in [6, 6.07) is 3.91. The van der Waals surface area contributed by atoms with E-state index in [0.717, 1.165) is 21.4 Å². The van der Waals surface area contributed by atoms with Crippen molar-refractivity contribution in [2.24, 2.45) is 0 Å². The summed E-state index contributed by atoms with van der Waals surface area (Å²) in [5.41, 5.74) is 4.45. The molecule has 1 atom stereocenters. The molecule has 1 aromatic heterocycles. The van der Waals surface area contributed by atoms with Gasteiger partial charge >= 0.3 is 6.03 Å². The lowest BCUT2D eigenvalue weighted by atomic mass is 10.0. The number of hydrogen-bond acceptors (Lipinski definition) is 4. The maximum atomic E-state index is 12.6. The SMILES string of the molecule is CCN(CC)C(=O)n1cnc(S(=O)Cc2c(C)cc(C)cc2C)n1. The average molecular weight is 348 g/mol. The second-order valence-electron chi connectivity index (χ2n) is 5.79. The number of hydrogen-bond donors (Lipinski definition) is 0. The molecule has 0 fully saturated rings. The van der Waals surface area contributed by atoms with Crippen LogP contribution in [0.25, 0.3) is 0 Å². The first kappa shape index (κ1) is 18.3. The van der Waals surface area contributed by atoms with E-state index in [-0.39, 0.29) is 11.2 Å². The average Bonchev–Trinajstić information content (AvgIpc) is 3.01. The molecule has 130 valence electrons. The van der Waals surface area contributed by atoms with Gasteiger partial charge in [0.25, 0.3) is 0 Å². The summed E-state index contributed by atoms with van der Waals surface area (Å²) in [6.45, 7) is 11.1. The van der Waals surface area contributed by atoms with Crippen molar-refractivity contribution in [3.8, 4) is 0 Å².